The van der Waals surface area contributed by atoms with E-state index in [0.717, 1.165) is 23.3 Å². The summed E-state index contributed by atoms with van der Waals surface area (Å²) in [6, 6.07) is 14.8. The maximum atomic E-state index is 13.2. The highest BCUT2D eigenvalue weighted by atomic mass is 19.1. The zero-order valence-electron chi connectivity index (χ0n) is 14.1. The van der Waals surface area contributed by atoms with Crippen LogP contribution in [0.2, 0.25) is 0 Å². The van der Waals surface area contributed by atoms with Gasteiger partial charge in [-0.2, -0.15) is 0 Å². The van der Waals surface area contributed by atoms with Crippen LogP contribution in [0, 0.1) is 11.7 Å². The van der Waals surface area contributed by atoms with Gasteiger partial charge in [0.1, 0.15) is 5.82 Å². The Hall–Kier alpha value is -2.79. The molecule has 2 aliphatic rings. The zero-order valence-corrected chi connectivity index (χ0v) is 14.1. The number of halogens is 1. The Morgan fingerprint density at radius 2 is 1.77 bits per heavy atom. The van der Waals surface area contributed by atoms with E-state index in [4.69, 9.17) is 4.74 Å². The summed E-state index contributed by atoms with van der Waals surface area (Å²) in [6.07, 6.45) is 3.08. The summed E-state index contributed by atoms with van der Waals surface area (Å²) in [4.78, 5) is 27.3. The first-order valence-corrected chi connectivity index (χ1v) is 8.67. The van der Waals surface area contributed by atoms with Crippen LogP contribution in [-0.4, -0.2) is 24.5 Å². The molecule has 2 aromatic rings. The SMILES string of the molecule is O=C1C(=Cc2ccccc2)C(C2CCCO2)C(=O)N1c1ccc(F)cc1. The molecule has 132 valence electrons. The van der Waals surface area contributed by atoms with Crippen molar-refractivity contribution in [1.29, 1.82) is 0 Å². The van der Waals surface area contributed by atoms with Crippen molar-refractivity contribution in [3.05, 3.63) is 71.6 Å². The maximum absolute atomic E-state index is 13.2. The minimum atomic E-state index is -0.629. The van der Waals surface area contributed by atoms with Crippen LogP contribution in [0.5, 0.6) is 0 Å². The third kappa shape index (κ3) is 2.95. The first kappa shape index (κ1) is 16.7. The minimum absolute atomic E-state index is 0.299. The van der Waals surface area contributed by atoms with E-state index in [0.29, 0.717) is 17.9 Å². The molecule has 0 saturated carbocycles. The highest BCUT2D eigenvalue weighted by Gasteiger charge is 2.48. The summed E-state index contributed by atoms with van der Waals surface area (Å²) in [5.41, 5.74) is 1.66. The lowest BCUT2D eigenvalue weighted by molar-refractivity contribution is -0.124. The molecule has 2 fully saturated rings. The van der Waals surface area contributed by atoms with Gasteiger partial charge in [-0.15, -0.1) is 0 Å². The van der Waals surface area contributed by atoms with E-state index >= 15 is 0 Å². The lowest BCUT2D eigenvalue weighted by Gasteiger charge is -2.17. The van der Waals surface area contributed by atoms with E-state index < -0.39 is 11.7 Å². The molecule has 0 N–H and O–H groups in total. The highest BCUT2D eigenvalue weighted by molar-refractivity contribution is 6.30. The Labute approximate surface area is 150 Å². The van der Waals surface area contributed by atoms with Crippen LogP contribution in [0.4, 0.5) is 10.1 Å². The number of benzene rings is 2. The Kier molecular flexibility index (Phi) is 4.39. The molecular weight excluding hydrogens is 333 g/mol. The largest absolute Gasteiger partial charge is 0.377 e. The predicted octanol–water partition coefficient (Wildman–Crippen LogP) is 3.58. The fourth-order valence-electron chi connectivity index (χ4n) is 3.57. The van der Waals surface area contributed by atoms with Gasteiger partial charge in [0.15, 0.2) is 0 Å². The fourth-order valence-corrected chi connectivity index (χ4v) is 3.57. The number of amides is 2. The van der Waals surface area contributed by atoms with E-state index in [2.05, 4.69) is 0 Å². The first-order chi connectivity index (χ1) is 12.6. The molecule has 2 atom stereocenters. The second-order valence-corrected chi connectivity index (χ2v) is 6.49. The third-order valence-electron chi connectivity index (χ3n) is 4.81. The van der Waals surface area contributed by atoms with Gasteiger partial charge in [-0.25, -0.2) is 9.29 Å². The molecule has 2 aromatic carbocycles. The molecule has 4 rings (SSSR count). The molecule has 2 unspecified atom stereocenters. The number of anilines is 1. The Morgan fingerprint density at radius 1 is 1.04 bits per heavy atom. The van der Waals surface area contributed by atoms with Crippen LogP contribution >= 0.6 is 0 Å². The van der Waals surface area contributed by atoms with Gasteiger partial charge in [0.05, 0.1) is 17.7 Å². The summed E-state index contributed by atoms with van der Waals surface area (Å²) in [5.74, 6) is -1.72. The van der Waals surface area contributed by atoms with Gasteiger partial charge in [-0.05, 0) is 48.7 Å². The first-order valence-electron chi connectivity index (χ1n) is 8.67. The Bertz CT molecular complexity index is 855. The Balaban J connectivity index is 1.77. The van der Waals surface area contributed by atoms with E-state index in [1.165, 1.54) is 24.3 Å². The second kappa shape index (κ2) is 6.84. The summed E-state index contributed by atoms with van der Waals surface area (Å²) in [5, 5.41) is 0. The van der Waals surface area contributed by atoms with Crippen LogP contribution in [0.3, 0.4) is 0 Å². The molecule has 26 heavy (non-hydrogen) atoms. The van der Waals surface area contributed by atoms with Gasteiger partial charge in [0.2, 0.25) is 5.91 Å². The number of nitrogens with zero attached hydrogens (tertiary/aromatic N) is 1. The number of ether oxygens (including phenoxy) is 1. The fraction of sp³-hybridized carbons (Fsp3) is 0.238. The molecule has 2 amide bonds. The lowest BCUT2D eigenvalue weighted by Crippen LogP contribution is -2.33. The highest BCUT2D eigenvalue weighted by Crippen LogP contribution is 2.37. The van der Waals surface area contributed by atoms with E-state index in [1.54, 1.807) is 6.08 Å². The van der Waals surface area contributed by atoms with Gasteiger partial charge in [-0.3, -0.25) is 9.59 Å². The van der Waals surface area contributed by atoms with Crippen molar-refractivity contribution in [2.24, 2.45) is 5.92 Å². The van der Waals surface area contributed by atoms with Crippen LogP contribution in [0.25, 0.3) is 6.08 Å². The zero-order chi connectivity index (χ0) is 18.1. The Morgan fingerprint density at radius 3 is 2.42 bits per heavy atom. The van der Waals surface area contributed by atoms with Crippen molar-refractivity contribution < 1.29 is 18.7 Å². The van der Waals surface area contributed by atoms with Crippen molar-refractivity contribution in [1.82, 2.24) is 0 Å². The monoisotopic (exact) mass is 351 g/mol. The van der Waals surface area contributed by atoms with Crippen molar-refractivity contribution in [3.8, 4) is 0 Å². The molecule has 2 saturated heterocycles. The quantitative estimate of drug-likeness (QED) is 0.627. The van der Waals surface area contributed by atoms with E-state index in [9.17, 15) is 14.0 Å². The van der Waals surface area contributed by atoms with Gasteiger partial charge in [0.25, 0.3) is 5.91 Å². The normalized spacial score (nSPS) is 24.7. The van der Waals surface area contributed by atoms with Crippen LogP contribution < -0.4 is 4.90 Å². The van der Waals surface area contributed by atoms with Crippen molar-refractivity contribution >= 4 is 23.6 Å². The molecule has 0 radical (unpaired) electrons. The molecule has 4 nitrogen and oxygen atoms in total. The summed E-state index contributed by atoms with van der Waals surface area (Å²) >= 11 is 0. The minimum Gasteiger partial charge on any atom is -0.377 e. The smallest absolute Gasteiger partial charge is 0.261 e. The van der Waals surface area contributed by atoms with Crippen LogP contribution in [-0.2, 0) is 14.3 Å². The number of hydrogen-bond donors (Lipinski definition) is 0. The molecule has 0 spiro atoms. The van der Waals surface area contributed by atoms with Gasteiger partial charge in [0, 0.05) is 12.2 Å². The number of carbonyl (C=O) groups is 2. The standard InChI is InChI=1S/C21H18FNO3/c22-15-8-10-16(11-9-15)23-20(24)17(13-14-5-2-1-3-6-14)19(21(23)25)18-7-4-12-26-18/h1-3,5-6,8-11,13,18-19H,4,7,12H2. The number of rotatable bonds is 3. The van der Waals surface area contributed by atoms with E-state index in [1.807, 2.05) is 30.3 Å². The lowest BCUT2D eigenvalue weighted by atomic mass is 9.92. The van der Waals surface area contributed by atoms with Crippen molar-refractivity contribution in [2.45, 2.75) is 18.9 Å². The van der Waals surface area contributed by atoms with Crippen LogP contribution in [0.1, 0.15) is 18.4 Å². The van der Waals surface area contributed by atoms with Crippen LogP contribution in [0.15, 0.2) is 60.2 Å². The molecule has 2 aliphatic heterocycles. The van der Waals surface area contributed by atoms with E-state index in [-0.39, 0.29) is 17.9 Å². The van der Waals surface area contributed by atoms with Gasteiger partial charge in [-0.1, -0.05) is 30.3 Å². The van der Waals surface area contributed by atoms with Gasteiger partial charge >= 0.3 is 0 Å². The number of imide groups is 1. The van der Waals surface area contributed by atoms with Crippen molar-refractivity contribution in [2.75, 3.05) is 11.5 Å². The topological polar surface area (TPSA) is 46.6 Å². The average molecular weight is 351 g/mol. The van der Waals surface area contributed by atoms with Crippen molar-refractivity contribution in [3.63, 3.8) is 0 Å². The summed E-state index contributed by atoms with van der Waals surface area (Å²) < 4.78 is 19.0. The summed E-state index contributed by atoms with van der Waals surface area (Å²) in [6.45, 7) is 0.595. The molecule has 0 aromatic heterocycles. The molecule has 2 heterocycles. The average Bonchev–Trinajstić information content (AvgIpc) is 3.25. The number of carbonyl (C=O) groups excluding carboxylic acids is 2. The molecule has 0 bridgehead atoms. The molecule has 0 aliphatic carbocycles. The molecular formula is C21H18FNO3. The maximum Gasteiger partial charge on any atom is 0.261 e. The number of hydrogen-bond acceptors (Lipinski definition) is 3. The second-order valence-electron chi connectivity index (χ2n) is 6.49. The summed E-state index contributed by atoms with van der Waals surface area (Å²) in [7, 11) is 0. The third-order valence-corrected chi connectivity index (χ3v) is 4.81. The van der Waals surface area contributed by atoms with Gasteiger partial charge < -0.3 is 4.74 Å². The predicted molar refractivity (Wildman–Crippen MR) is 95.8 cm³/mol. The molecule has 5 heteroatoms.